The minimum atomic E-state index is 0.211. The number of carbonyl (C=O) groups is 1. The van der Waals surface area contributed by atoms with Crippen molar-refractivity contribution < 1.29 is 9.53 Å². The van der Waals surface area contributed by atoms with Gasteiger partial charge in [0.1, 0.15) is 5.75 Å². The number of nitrogens with two attached hydrogens (primary N) is 1. The molecule has 1 aliphatic heterocycles. The van der Waals surface area contributed by atoms with Crippen LogP contribution in [0.15, 0.2) is 24.3 Å². The van der Waals surface area contributed by atoms with Gasteiger partial charge in [-0.25, -0.2) is 0 Å². The Hall–Kier alpha value is -1.55. The van der Waals surface area contributed by atoms with Gasteiger partial charge < -0.3 is 15.4 Å². The maximum absolute atomic E-state index is 12.5. The zero-order chi connectivity index (χ0) is 14.8. The Kier molecular flexibility index (Phi) is 4.15. The van der Waals surface area contributed by atoms with Crippen LogP contribution in [-0.4, -0.2) is 37.0 Å². The number of rotatable bonds is 3. The van der Waals surface area contributed by atoms with E-state index in [9.17, 15) is 4.79 Å². The summed E-state index contributed by atoms with van der Waals surface area (Å²) in [4.78, 5) is 14.6. The van der Waals surface area contributed by atoms with E-state index in [1.54, 1.807) is 7.11 Å². The minimum Gasteiger partial charge on any atom is -0.496 e. The summed E-state index contributed by atoms with van der Waals surface area (Å²) in [6.07, 6.45) is 3.78. The average Bonchev–Trinajstić information content (AvgIpc) is 2.91. The number of fused-ring (bicyclic) bond motifs is 1. The molecular weight excluding hydrogens is 264 g/mol. The van der Waals surface area contributed by atoms with E-state index in [1.165, 1.54) is 6.42 Å². The molecule has 114 valence electrons. The smallest absolute Gasteiger partial charge is 0.227 e. The van der Waals surface area contributed by atoms with E-state index in [4.69, 9.17) is 10.5 Å². The summed E-state index contributed by atoms with van der Waals surface area (Å²) in [6.45, 7) is 1.79. The third-order valence-corrected chi connectivity index (χ3v) is 4.98. The summed E-state index contributed by atoms with van der Waals surface area (Å²) in [7, 11) is 1.65. The summed E-state index contributed by atoms with van der Waals surface area (Å²) < 4.78 is 5.33. The van der Waals surface area contributed by atoms with Crippen molar-refractivity contribution in [3.8, 4) is 5.75 Å². The van der Waals surface area contributed by atoms with Crippen molar-refractivity contribution in [3.05, 3.63) is 29.8 Å². The molecule has 0 radical (unpaired) electrons. The molecule has 0 spiro atoms. The molecule has 21 heavy (non-hydrogen) atoms. The Morgan fingerprint density at radius 2 is 2.05 bits per heavy atom. The molecule has 1 heterocycles. The second-order valence-electron chi connectivity index (χ2n) is 6.38. The fraction of sp³-hybridized carbons (Fsp3) is 0.588. The molecule has 1 saturated carbocycles. The van der Waals surface area contributed by atoms with Crippen LogP contribution in [0.1, 0.15) is 24.8 Å². The summed E-state index contributed by atoms with van der Waals surface area (Å²) >= 11 is 0. The fourth-order valence-corrected chi connectivity index (χ4v) is 3.80. The van der Waals surface area contributed by atoms with E-state index in [0.29, 0.717) is 24.3 Å². The van der Waals surface area contributed by atoms with Crippen molar-refractivity contribution in [2.75, 3.05) is 20.2 Å². The maximum Gasteiger partial charge on any atom is 0.227 e. The first-order valence-electron chi connectivity index (χ1n) is 7.82. The first kappa shape index (κ1) is 14.4. The molecule has 4 nitrogen and oxygen atoms in total. The number of hydrogen-bond donors (Lipinski definition) is 1. The number of nitrogens with zero attached hydrogens (tertiary/aromatic N) is 1. The van der Waals surface area contributed by atoms with Crippen LogP contribution in [0, 0.1) is 11.8 Å². The minimum absolute atomic E-state index is 0.211. The summed E-state index contributed by atoms with van der Waals surface area (Å²) in [5.41, 5.74) is 7.02. The second kappa shape index (κ2) is 6.06. The van der Waals surface area contributed by atoms with Crippen molar-refractivity contribution in [2.45, 2.75) is 31.7 Å². The Bertz CT molecular complexity index is 517. The van der Waals surface area contributed by atoms with E-state index >= 15 is 0 Å². The Labute approximate surface area is 126 Å². The van der Waals surface area contributed by atoms with Crippen LogP contribution in [0.4, 0.5) is 0 Å². The van der Waals surface area contributed by atoms with Gasteiger partial charge in [0.2, 0.25) is 5.91 Å². The lowest BCUT2D eigenvalue weighted by molar-refractivity contribution is -0.129. The Morgan fingerprint density at radius 3 is 2.86 bits per heavy atom. The average molecular weight is 288 g/mol. The summed E-state index contributed by atoms with van der Waals surface area (Å²) in [5, 5.41) is 0. The number of likely N-dealkylation sites (tertiary alicyclic amines) is 1. The molecule has 1 saturated heterocycles. The normalized spacial score (nSPS) is 28.3. The molecule has 2 aliphatic rings. The molecule has 1 amide bonds. The van der Waals surface area contributed by atoms with Gasteiger partial charge in [0.15, 0.2) is 0 Å². The maximum atomic E-state index is 12.5. The van der Waals surface area contributed by atoms with Gasteiger partial charge in [0.25, 0.3) is 0 Å². The van der Waals surface area contributed by atoms with Gasteiger partial charge in [-0.15, -0.1) is 0 Å². The molecule has 1 aromatic rings. The molecule has 4 heteroatoms. The standard InChI is InChI=1S/C17H24N2O2/c1-21-16-5-3-2-4-12(16)9-17(20)19-10-13-6-7-15(18)8-14(13)11-19/h2-5,13-15H,6-11,18H2,1H3/t13-,14+,15?/m1/s1. The van der Waals surface area contributed by atoms with Crippen LogP contribution in [0.3, 0.4) is 0 Å². The van der Waals surface area contributed by atoms with E-state index in [-0.39, 0.29) is 5.91 Å². The second-order valence-corrected chi connectivity index (χ2v) is 6.38. The Balaban J connectivity index is 1.64. The lowest BCUT2D eigenvalue weighted by Gasteiger charge is -2.27. The van der Waals surface area contributed by atoms with Crippen LogP contribution in [0.25, 0.3) is 0 Å². The quantitative estimate of drug-likeness (QED) is 0.923. The lowest BCUT2D eigenvalue weighted by atomic mass is 9.79. The zero-order valence-electron chi connectivity index (χ0n) is 12.6. The van der Waals surface area contributed by atoms with Crippen molar-refractivity contribution >= 4 is 5.91 Å². The molecule has 2 N–H and O–H groups in total. The monoisotopic (exact) mass is 288 g/mol. The lowest BCUT2D eigenvalue weighted by Crippen LogP contribution is -2.32. The van der Waals surface area contributed by atoms with E-state index in [0.717, 1.165) is 37.2 Å². The van der Waals surface area contributed by atoms with E-state index < -0.39 is 0 Å². The van der Waals surface area contributed by atoms with Gasteiger partial charge in [-0.05, 0) is 37.2 Å². The van der Waals surface area contributed by atoms with Crippen LogP contribution in [0.2, 0.25) is 0 Å². The number of carbonyl (C=O) groups excluding carboxylic acids is 1. The molecule has 3 atom stereocenters. The third-order valence-electron chi connectivity index (χ3n) is 4.98. The van der Waals surface area contributed by atoms with Gasteiger partial charge >= 0.3 is 0 Å². The Morgan fingerprint density at radius 1 is 1.29 bits per heavy atom. The van der Waals surface area contributed by atoms with Gasteiger partial charge in [0, 0.05) is 24.7 Å². The summed E-state index contributed by atoms with van der Waals surface area (Å²) in [5.74, 6) is 2.27. The highest BCUT2D eigenvalue weighted by Crippen LogP contribution is 2.36. The zero-order valence-corrected chi connectivity index (χ0v) is 12.6. The molecule has 3 rings (SSSR count). The number of methoxy groups -OCH3 is 1. The molecular formula is C17H24N2O2. The predicted octanol–water partition coefficient (Wildman–Crippen LogP) is 1.82. The van der Waals surface area contributed by atoms with Crippen molar-refractivity contribution in [1.29, 1.82) is 0 Å². The number of hydrogen-bond acceptors (Lipinski definition) is 3. The first-order chi connectivity index (χ1) is 10.2. The van der Waals surface area contributed by atoms with E-state index in [2.05, 4.69) is 0 Å². The fourth-order valence-electron chi connectivity index (χ4n) is 3.80. The van der Waals surface area contributed by atoms with Gasteiger partial charge in [-0.3, -0.25) is 4.79 Å². The van der Waals surface area contributed by atoms with Gasteiger partial charge in [0.05, 0.1) is 13.5 Å². The largest absolute Gasteiger partial charge is 0.496 e. The highest BCUT2D eigenvalue weighted by Gasteiger charge is 2.38. The molecule has 0 aromatic heterocycles. The SMILES string of the molecule is COc1ccccc1CC(=O)N1C[C@H]2CCC(N)C[C@H]2C1. The van der Waals surface area contributed by atoms with Crippen molar-refractivity contribution in [3.63, 3.8) is 0 Å². The number of amides is 1. The molecule has 1 aromatic carbocycles. The van der Waals surface area contributed by atoms with Crippen molar-refractivity contribution in [1.82, 2.24) is 4.90 Å². The predicted molar refractivity (Wildman–Crippen MR) is 82.1 cm³/mol. The molecule has 2 fully saturated rings. The van der Waals surface area contributed by atoms with E-state index in [1.807, 2.05) is 29.2 Å². The molecule has 1 unspecified atom stereocenters. The molecule has 1 aliphatic carbocycles. The van der Waals surface area contributed by atoms with Crippen LogP contribution < -0.4 is 10.5 Å². The third kappa shape index (κ3) is 3.05. The van der Waals surface area contributed by atoms with Crippen molar-refractivity contribution in [2.24, 2.45) is 17.6 Å². The number of benzene rings is 1. The molecule has 0 bridgehead atoms. The highest BCUT2D eigenvalue weighted by atomic mass is 16.5. The van der Waals surface area contributed by atoms with Gasteiger partial charge in [-0.1, -0.05) is 18.2 Å². The highest BCUT2D eigenvalue weighted by molar-refractivity contribution is 5.79. The number of para-hydroxylation sites is 1. The van der Waals surface area contributed by atoms with Crippen LogP contribution >= 0.6 is 0 Å². The number of ether oxygens (including phenoxy) is 1. The van der Waals surface area contributed by atoms with Crippen LogP contribution in [-0.2, 0) is 11.2 Å². The van der Waals surface area contributed by atoms with Gasteiger partial charge in [-0.2, -0.15) is 0 Å². The topological polar surface area (TPSA) is 55.6 Å². The summed E-state index contributed by atoms with van der Waals surface area (Å²) in [6, 6.07) is 8.09. The first-order valence-corrected chi connectivity index (χ1v) is 7.82. The van der Waals surface area contributed by atoms with Crippen LogP contribution in [0.5, 0.6) is 5.75 Å².